The van der Waals surface area contributed by atoms with Gasteiger partial charge in [-0.1, -0.05) is 0 Å². The van der Waals surface area contributed by atoms with Crippen molar-refractivity contribution < 1.29 is 14.7 Å². The summed E-state index contributed by atoms with van der Waals surface area (Å²) in [5.41, 5.74) is 3.12. The van der Waals surface area contributed by atoms with E-state index in [0.29, 0.717) is 29.8 Å². The number of hydrogen-bond acceptors (Lipinski definition) is 5. The fourth-order valence-electron chi connectivity index (χ4n) is 4.14. The molecule has 0 atom stereocenters. The summed E-state index contributed by atoms with van der Waals surface area (Å²) in [6.07, 6.45) is 10.8. The standard InChI is InChI=1S/C21H22N2O3S/c24-16(13-6-1-2-7-14(13)21(25)26)12-18-19(20-22-10-5-11-23-20)15-8-3-4-9-17(15)27-18/h5,10-11H,1-4,6-9,12H2,(H,25,26). The first-order chi connectivity index (χ1) is 13.1. The van der Waals surface area contributed by atoms with Gasteiger partial charge in [-0.15, -0.1) is 11.3 Å². The molecule has 0 amide bonds. The van der Waals surface area contributed by atoms with E-state index in [0.717, 1.165) is 42.5 Å². The highest BCUT2D eigenvalue weighted by Crippen LogP contribution is 2.40. The van der Waals surface area contributed by atoms with E-state index in [-0.39, 0.29) is 12.2 Å². The van der Waals surface area contributed by atoms with E-state index in [1.165, 1.54) is 16.9 Å². The zero-order valence-electron chi connectivity index (χ0n) is 15.2. The van der Waals surface area contributed by atoms with Crippen molar-refractivity contribution in [3.05, 3.63) is 44.9 Å². The van der Waals surface area contributed by atoms with E-state index in [2.05, 4.69) is 9.97 Å². The van der Waals surface area contributed by atoms with Crippen molar-refractivity contribution in [2.75, 3.05) is 0 Å². The van der Waals surface area contributed by atoms with Crippen LogP contribution in [0.25, 0.3) is 11.4 Å². The number of thiophene rings is 1. The lowest BCUT2D eigenvalue weighted by atomic mass is 9.87. The maximum absolute atomic E-state index is 13.0. The molecule has 0 spiro atoms. The third-order valence-corrected chi connectivity index (χ3v) is 6.71. The summed E-state index contributed by atoms with van der Waals surface area (Å²) in [6, 6.07) is 1.79. The zero-order chi connectivity index (χ0) is 18.8. The van der Waals surface area contributed by atoms with Gasteiger partial charge in [-0.2, -0.15) is 0 Å². The van der Waals surface area contributed by atoms with Crippen molar-refractivity contribution in [3.8, 4) is 11.4 Å². The normalized spacial score (nSPS) is 16.9. The second kappa shape index (κ2) is 7.72. The highest BCUT2D eigenvalue weighted by molar-refractivity contribution is 7.12. The molecule has 2 aliphatic rings. The van der Waals surface area contributed by atoms with Crippen LogP contribution in [0, 0.1) is 0 Å². The molecule has 0 aliphatic heterocycles. The van der Waals surface area contributed by atoms with Gasteiger partial charge in [-0.25, -0.2) is 14.8 Å². The van der Waals surface area contributed by atoms with Crippen LogP contribution in [-0.2, 0) is 28.9 Å². The third kappa shape index (κ3) is 3.58. The Labute approximate surface area is 162 Å². The number of aryl methyl sites for hydroxylation is 1. The number of Topliss-reactive ketones (excluding diaryl/α,β-unsaturated/α-hetero) is 1. The van der Waals surface area contributed by atoms with Gasteiger partial charge in [0.05, 0.1) is 0 Å². The summed E-state index contributed by atoms with van der Waals surface area (Å²) in [7, 11) is 0. The Morgan fingerprint density at radius 2 is 1.63 bits per heavy atom. The molecule has 0 fully saturated rings. The Bertz CT molecular complexity index is 915. The van der Waals surface area contributed by atoms with Crippen molar-refractivity contribution in [2.24, 2.45) is 0 Å². The van der Waals surface area contributed by atoms with Crippen molar-refractivity contribution in [1.82, 2.24) is 9.97 Å². The summed E-state index contributed by atoms with van der Waals surface area (Å²) >= 11 is 1.69. The zero-order valence-corrected chi connectivity index (χ0v) is 16.0. The molecule has 2 aromatic rings. The van der Waals surface area contributed by atoms with E-state index in [1.54, 1.807) is 29.8 Å². The monoisotopic (exact) mass is 382 g/mol. The Kier molecular flexibility index (Phi) is 5.16. The van der Waals surface area contributed by atoms with Crippen molar-refractivity contribution >= 4 is 23.1 Å². The third-order valence-electron chi connectivity index (χ3n) is 5.42. The molecule has 0 saturated carbocycles. The average Bonchev–Trinajstić information content (AvgIpc) is 3.06. The van der Waals surface area contributed by atoms with Crippen LogP contribution >= 0.6 is 11.3 Å². The van der Waals surface area contributed by atoms with Crippen LogP contribution < -0.4 is 0 Å². The Hall–Kier alpha value is -2.34. The van der Waals surface area contributed by atoms with Gasteiger partial charge in [0, 0.05) is 45.3 Å². The number of carbonyl (C=O) groups is 2. The molecule has 4 rings (SSSR count). The lowest BCUT2D eigenvalue weighted by Crippen LogP contribution is -2.17. The predicted octanol–water partition coefficient (Wildman–Crippen LogP) is 4.15. The number of aromatic nitrogens is 2. The highest BCUT2D eigenvalue weighted by Gasteiger charge is 2.28. The molecule has 2 aliphatic carbocycles. The first-order valence-electron chi connectivity index (χ1n) is 9.54. The topological polar surface area (TPSA) is 80.1 Å². The molecule has 1 N–H and O–H groups in total. The van der Waals surface area contributed by atoms with Gasteiger partial charge >= 0.3 is 5.97 Å². The molecular formula is C21H22N2O3S. The largest absolute Gasteiger partial charge is 0.478 e. The fourth-order valence-corrected chi connectivity index (χ4v) is 5.53. The highest BCUT2D eigenvalue weighted by atomic mass is 32.1. The lowest BCUT2D eigenvalue weighted by molar-refractivity contribution is -0.133. The number of aliphatic carboxylic acids is 1. The minimum absolute atomic E-state index is 0.0529. The molecule has 0 bridgehead atoms. The minimum atomic E-state index is -0.949. The van der Waals surface area contributed by atoms with Crippen LogP contribution in [0.5, 0.6) is 0 Å². The number of fused-ring (bicyclic) bond motifs is 1. The van der Waals surface area contributed by atoms with Gasteiger partial charge in [-0.3, -0.25) is 4.79 Å². The van der Waals surface area contributed by atoms with Gasteiger partial charge in [0.15, 0.2) is 11.6 Å². The molecule has 0 radical (unpaired) electrons. The molecule has 140 valence electrons. The van der Waals surface area contributed by atoms with Crippen LogP contribution in [0.3, 0.4) is 0 Å². The molecular weight excluding hydrogens is 360 g/mol. The predicted molar refractivity (Wildman–Crippen MR) is 104 cm³/mol. The molecule has 0 aromatic carbocycles. The maximum atomic E-state index is 13.0. The summed E-state index contributed by atoms with van der Waals surface area (Å²) < 4.78 is 0. The lowest BCUT2D eigenvalue weighted by Gasteiger charge is -2.16. The second-order valence-corrected chi connectivity index (χ2v) is 8.34. The van der Waals surface area contributed by atoms with Crippen molar-refractivity contribution in [3.63, 3.8) is 0 Å². The van der Waals surface area contributed by atoms with Crippen LogP contribution in [-0.4, -0.2) is 26.8 Å². The quantitative estimate of drug-likeness (QED) is 0.840. The number of nitrogens with zero attached hydrogens (tertiary/aromatic N) is 2. The number of ketones is 1. The van der Waals surface area contributed by atoms with Crippen LogP contribution in [0.15, 0.2) is 29.6 Å². The number of hydrogen-bond donors (Lipinski definition) is 1. The van der Waals surface area contributed by atoms with Gasteiger partial charge in [0.2, 0.25) is 0 Å². The van der Waals surface area contributed by atoms with Crippen molar-refractivity contribution in [2.45, 2.75) is 57.8 Å². The van der Waals surface area contributed by atoms with Crippen molar-refractivity contribution in [1.29, 1.82) is 0 Å². The Morgan fingerprint density at radius 1 is 0.963 bits per heavy atom. The summed E-state index contributed by atoms with van der Waals surface area (Å²) in [6.45, 7) is 0. The van der Waals surface area contributed by atoms with Crippen LogP contribution in [0.2, 0.25) is 0 Å². The fraction of sp³-hybridized carbons (Fsp3) is 0.429. The van der Waals surface area contributed by atoms with Gasteiger partial charge < -0.3 is 5.11 Å². The first kappa shape index (κ1) is 18.0. The number of rotatable bonds is 5. The van der Waals surface area contributed by atoms with E-state index in [4.69, 9.17) is 0 Å². The van der Waals surface area contributed by atoms with E-state index >= 15 is 0 Å². The number of carboxylic acids is 1. The average molecular weight is 382 g/mol. The molecule has 2 heterocycles. The van der Waals surface area contributed by atoms with E-state index in [1.807, 2.05) is 0 Å². The van der Waals surface area contributed by atoms with Crippen LogP contribution in [0.1, 0.15) is 53.8 Å². The van der Waals surface area contributed by atoms with Crippen LogP contribution in [0.4, 0.5) is 0 Å². The SMILES string of the molecule is O=C(O)C1=C(C(=O)Cc2sc3c(c2-c2ncccn2)CCCC3)CCCC1. The number of carboxylic acid groups (broad SMARTS) is 1. The van der Waals surface area contributed by atoms with Gasteiger partial charge in [-0.05, 0) is 63.0 Å². The van der Waals surface area contributed by atoms with Gasteiger partial charge in [0.25, 0.3) is 0 Å². The molecule has 0 unspecified atom stereocenters. The van der Waals surface area contributed by atoms with E-state index in [9.17, 15) is 14.7 Å². The first-order valence-corrected chi connectivity index (χ1v) is 10.4. The number of allylic oxidation sites excluding steroid dienone is 1. The summed E-state index contributed by atoms with van der Waals surface area (Å²) in [4.78, 5) is 35.7. The molecule has 0 saturated heterocycles. The molecule has 6 heteroatoms. The maximum Gasteiger partial charge on any atom is 0.331 e. The minimum Gasteiger partial charge on any atom is -0.478 e. The summed E-state index contributed by atoms with van der Waals surface area (Å²) in [5.74, 6) is -0.325. The Balaban J connectivity index is 1.73. The smallest absolute Gasteiger partial charge is 0.331 e. The Morgan fingerprint density at radius 3 is 2.37 bits per heavy atom. The molecule has 27 heavy (non-hydrogen) atoms. The molecule has 2 aromatic heterocycles. The second-order valence-electron chi connectivity index (χ2n) is 7.15. The van der Waals surface area contributed by atoms with E-state index < -0.39 is 5.97 Å². The van der Waals surface area contributed by atoms with Gasteiger partial charge in [0.1, 0.15) is 0 Å². The number of carbonyl (C=O) groups excluding carboxylic acids is 1. The molecule has 5 nitrogen and oxygen atoms in total. The summed E-state index contributed by atoms with van der Waals surface area (Å²) in [5, 5.41) is 9.46.